The molecule has 0 bridgehead atoms. The molecule has 2 nitrogen and oxygen atoms in total. The molecule has 1 heterocycles. The molecule has 2 aromatic rings. The van der Waals surface area contributed by atoms with E-state index in [9.17, 15) is 4.79 Å². The highest BCUT2D eigenvalue weighted by atomic mass is 35.5. The van der Waals surface area contributed by atoms with Crippen molar-refractivity contribution in [1.82, 2.24) is 0 Å². The first kappa shape index (κ1) is 16.1. The van der Waals surface area contributed by atoms with Crippen molar-refractivity contribution in [1.29, 1.82) is 0 Å². The van der Waals surface area contributed by atoms with Crippen molar-refractivity contribution in [3.8, 4) is 0 Å². The fourth-order valence-corrected chi connectivity index (χ4v) is 3.02. The summed E-state index contributed by atoms with van der Waals surface area (Å²) in [4.78, 5) is 12.5. The monoisotopic (exact) mass is 321 g/mol. The second-order valence-electron chi connectivity index (χ2n) is 5.77. The summed E-state index contributed by atoms with van der Waals surface area (Å²) in [6, 6.07) is 9.88. The van der Waals surface area contributed by atoms with Gasteiger partial charge in [-0.25, -0.2) is 0 Å². The summed E-state index contributed by atoms with van der Waals surface area (Å²) in [7, 11) is 0. The SMILES string of the molecule is CC(CCl)c1ccc(NC(=O)C(C)(C)c2ccsc2)cc1. The van der Waals surface area contributed by atoms with E-state index in [1.165, 1.54) is 5.56 Å². The van der Waals surface area contributed by atoms with E-state index in [2.05, 4.69) is 12.2 Å². The minimum atomic E-state index is -0.540. The number of amides is 1. The molecule has 0 aliphatic carbocycles. The molecule has 0 fully saturated rings. The summed E-state index contributed by atoms with van der Waals surface area (Å²) in [6.07, 6.45) is 0. The van der Waals surface area contributed by atoms with Gasteiger partial charge < -0.3 is 5.32 Å². The van der Waals surface area contributed by atoms with Gasteiger partial charge in [0, 0.05) is 11.6 Å². The first-order chi connectivity index (χ1) is 9.95. The number of alkyl halides is 1. The van der Waals surface area contributed by atoms with E-state index in [-0.39, 0.29) is 5.91 Å². The van der Waals surface area contributed by atoms with Crippen LogP contribution in [-0.2, 0) is 10.2 Å². The number of hydrogen-bond acceptors (Lipinski definition) is 2. The van der Waals surface area contributed by atoms with Gasteiger partial charge in [0.1, 0.15) is 0 Å². The topological polar surface area (TPSA) is 29.1 Å². The van der Waals surface area contributed by atoms with Crippen LogP contribution in [0, 0.1) is 0 Å². The van der Waals surface area contributed by atoms with Gasteiger partial charge in [-0.3, -0.25) is 4.79 Å². The highest BCUT2D eigenvalue weighted by molar-refractivity contribution is 7.08. The summed E-state index contributed by atoms with van der Waals surface area (Å²) >= 11 is 7.46. The Balaban J connectivity index is 2.09. The number of rotatable bonds is 5. The standard InChI is InChI=1S/C17H20ClNOS/c1-12(10-18)13-4-6-15(7-5-13)19-16(20)17(2,3)14-8-9-21-11-14/h4-9,11-12H,10H2,1-3H3,(H,19,20). The molecule has 0 saturated heterocycles. The van der Waals surface area contributed by atoms with Gasteiger partial charge in [0.15, 0.2) is 0 Å². The van der Waals surface area contributed by atoms with Crippen LogP contribution in [0.3, 0.4) is 0 Å². The van der Waals surface area contributed by atoms with Crippen LogP contribution in [-0.4, -0.2) is 11.8 Å². The molecule has 4 heteroatoms. The van der Waals surface area contributed by atoms with E-state index in [1.54, 1.807) is 11.3 Å². The van der Waals surface area contributed by atoms with Crippen LogP contribution in [0.1, 0.15) is 37.8 Å². The summed E-state index contributed by atoms with van der Waals surface area (Å²) in [6.45, 7) is 5.96. The zero-order chi connectivity index (χ0) is 15.5. The highest BCUT2D eigenvalue weighted by Crippen LogP contribution is 2.27. The molecular weight excluding hydrogens is 302 g/mol. The number of anilines is 1. The van der Waals surface area contributed by atoms with Gasteiger partial charge >= 0.3 is 0 Å². The van der Waals surface area contributed by atoms with E-state index in [0.717, 1.165) is 11.3 Å². The number of halogens is 1. The van der Waals surface area contributed by atoms with E-state index < -0.39 is 5.41 Å². The van der Waals surface area contributed by atoms with E-state index in [0.29, 0.717) is 11.8 Å². The van der Waals surface area contributed by atoms with Gasteiger partial charge in [-0.1, -0.05) is 19.1 Å². The lowest BCUT2D eigenvalue weighted by Crippen LogP contribution is -2.34. The van der Waals surface area contributed by atoms with Crippen molar-refractivity contribution >= 4 is 34.5 Å². The molecule has 1 atom stereocenters. The Morgan fingerprint density at radius 1 is 1.29 bits per heavy atom. The Kier molecular flexibility index (Phi) is 5.07. The number of hydrogen-bond donors (Lipinski definition) is 1. The Hall–Kier alpha value is -1.32. The van der Waals surface area contributed by atoms with Gasteiger partial charge in [0.2, 0.25) is 5.91 Å². The van der Waals surface area contributed by atoms with Crippen molar-refractivity contribution in [2.24, 2.45) is 0 Å². The number of carbonyl (C=O) groups is 1. The third kappa shape index (κ3) is 3.66. The molecular formula is C17H20ClNOS. The van der Waals surface area contributed by atoms with Gasteiger partial charge in [0.25, 0.3) is 0 Å². The first-order valence-electron chi connectivity index (χ1n) is 6.95. The molecule has 1 aromatic carbocycles. The minimum absolute atomic E-state index is 0.000887. The summed E-state index contributed by atoms with van der Waals surface area (Å²) in [5.74, 6) is 0.911. The fourth-order valence-electron chi connectivity index (χ4n) is 2.02. The number of carbonyl (C=O) groups excluding carboxylic acids is 1. The Morgan fingerprint density at radius 3 is 2.48 bits per heavy atom. The predicted molar refractivity (Wildman–Crippen MR) is 91.6 cm³/mol. The number of nitrogens with one attached hydrogen (secondary N) is 1. The maximum absolute atomic E-state index is 12.5. The molecule has 21 heavy (non-hydrogen) atoms. The first-order valence-corrected chi connectivity index (χ1v) is 8.43. The second kappa shape index (κ2) is 6.63. The van der Waals surface area contributed by atoms with Gasteiger partial charge in [-0.15, -0.1) is 11.6 Å². The molecule has 0 saturated carbocycles. The van der Waals surface area contributed by atoms with Crippen molar-refractivity contribution in [3.05, 3.63) is 52.2 Å². The minimum Gasteiger partial charge on any atom is -0.325 e. The molecule has 2 rings (SSSR count). The van der Waals surface area contributed by atoms with E-state index in [1.807, 2.05) is 54.9 Å². The zero-order valence-corrected chi connectivity index (χ0v) is 14.1. The largest absolute Gasteiger partial charge is 0.325 e. The number of benzene rings is 1. The van der Waals surface area contributed by atoms with E-state index >= 15 is 0 Å². The molecule has 0 radical (unpaired) electrons. The Morgan fingerprint density at radius 2 is 1.95 bits per heavy atom. The molecule has 0 spiro atoms. The third-order valence-corrected chi connectivity index (χ3v) is 4.93. The smallest absolute Gasteiger partial charge is 0.234 e. The molecule has 1 unspecified atom stereocenters. The molecule has 1 amide bonds. The maximum Gasteiger partial charge on any atom is 0.234 e. The van der Waals surface area contributed by atoms with E-state index in [4.69, 9.17) is 11.6 Å². The highest BCUT2D eigenvalue weighted by Gasteiger charge is 2.30. The molecule has 0 aliphatic rings. The normalized spacial score (nSPS) is 13.0. The summed E-state index contributed by atoms with van der Waals surface area (Å²) in [5.41, 5.74) is 2.49. The summed E-state index contributed by atoms with van der Waals surface area (Å²) in [5, 5.41) is 7.00. The van der Waals surface area contributed by atoms with Crippen LogP contribution in [0.4, 0.5) is 5.69 Å². The van der Waals surface area contributed by atoms with Crippen molar-refractivity contribution in [2.45, 2.75) is 32.1 Å². The van der Waals surface area contributed by atoms with Gasteiger partial charge in [0.05, 0.1) is 5.41 Å². The van der Waals surface area contributed by atoms with Crippen molar-refractivity contribution in [2.75, 3.05) is 11.2 Å². The fraction of sp³-hybridized carbons (Fsp3) is 0.353. The van der Waals surface area contributed by atoms with Crippen LogP contribution in [0.2, 0.25) is 0 Å². The Bertz CT molecular complexity index is 590. The van der Waals surface area contributed by atoms with Crippen LogP contribution in [0.5, 0.6) is 0 Å². The lowest BCUT2D eigenvalue weighted by molar-refractivity contribution is -0.120. The van der Waals surface area contributed by atoms with Crippen LogP contribution in [0.25, 0.3) is 0 Å². The van der Waals surface area contributed by atoms with Crippen LogP contribution in [0.15, 0.2) is 41.1 Å². The van der Waals surface area contributed by atoms with Crippen molar-refractivity contribution in [3.63, 3.8) is 0 Å². The van der Waals surface area contributed by atoms with Crippen LogP contribution < -0.4 is 5.32 Å². The van der Waals surface area contributed by atoms with Gasteiger partial charge in [-0.2, -0.15) is 11.3 Å². The zero-order valence-electron chi connectivity index (χ0n) is 12.5. The number of thiophene rings is 1. The molecule has 0 aliphatic heterocycles. The Labute approximate surface area is 135 Å². The van der Waals surface area contributed by atoms with Gasteiger partial charge in [-0.05, 0) is 59.9 Å². The van der Waals surface area contributed by atoms with Crippen molar-refractivity contribution < 1.29 is 4.79 Å². The lowest BCUT2D eigenvalue weighted by atomic mass is 9.85. The average molecular weight is 322 g/mol. The second-order valence-corrected chi connectivity index (χ2v) is 6.86. The molecule has 112 valence electrons. The predicted octanol–water partition coefficient (Wildman–Crippen LogP) is 5.01. The molecule has 1 aromatic heterocycles. The molecule has 1 N–H and O–H groups in total. The summed E-state index contributed by atoms with van der Waals surface area (Å²) < 4.78 is 0. The average Bonchev–Trinajstić information content (AvgIpc) is 3.02. The lowest BCUT2D eigenvalue weighted by Gasteiger charge is -2.23. The van der Waals surface area contributed by atoms with Crippen LogP contribution >= 0.6 is 22.9 Å². The third-order valence-electron chi connectivity index (χ3n) is 3.78. The maximum atomic E-state index is 12.5. The quantitative estimate of drug-likeness (QED) is 0.771.